The Morgan fingerprint density at radius 3 is 2.57 bits per heavy atom. The van der Waals surface area contributed by atoms with Gasteiger partial charge < -0.3 is 5.11 Å². The highest BCUT2D eigenvalue weighted by atomic mass is 16.2. The van der Waals surface area contributed by atoms with Crippen molar-refractivity contribution in [2.24, 2.45) is 0 Å². The predicted octanol–water partition coefficient (Wildman–Crippen LogP) is 0.00540. The third-order valence-corrected chi connectivity index (χ3v) is 0.355. The van der Waals surface area contributed by atoms with Crippen molar-refractivity contribution in [3.05, 3.63) is 0 Å². The normalized spacial score (nSPS) is 4.86. The zero-order valence-corrected chi connectivity index (χ0v) is 4.15. The summed E-state index contributed by atoms with van der Waals surface area (Å²) in [4.78, 5) is 0. The average molecular weight is 94.1 g/mol. The van der Waals surface area contributed by atoms with Crippen LogP contribution >= 0.6 is 0 Å². The minimum Gasteiger partial charge on any atom is -0.384 e. The molecule has 0 radical (unpaired) electrons. The molecule has 0 rings (SSSR count). The summed E-state index contributed by atoms with van der Waals surface area (Å²) in [5.74, 6) is 9.85. The lowest BCUT2D eigenvalue weighted by Gasteiger charge is -1.61. The van der Waals surface area contributed by atoms with Crippen molar-refractivity contribution in [3.63, 3.8) is 0 Å². The van der Waals surface area contributed by atoms with E-state index >= 15 is 0 Å². The molecule has 0 aliphatic rings. The Morgan fingerprint density at radius 1 is 1.43 bits per heavy atom. The van der Waals surface area contributed by atoms with Crippen molar-refractivity contribution >= 4 is 0 Å². The summed E-state index contributed by atoms with van der Waals surface area (Å²) in [7, 11) is 0. The van der Waals surface area contributed by atoms with Gasteiger partial charge in [0.15, 0.2) is 0 Å². The molecule has 0 fully saturated rings. The lowest BCUT2D eigenvalue weighted by atomic mass is 10.6. The van der Waals surface area contributed by atoms with Gasteiger partial charge in [-0.05, 0) is 18.8 Å². The van der Waals surface area contributed by atoms with Crippen LogP contribution in [0.4, 0.5) is 0 Å². The molecule has 0 heterocycles. The lowest BCUT2D eigenvalue weighted by molar-refractivity contribution is 0.350. The number of hydrogen-bond donors (Lipinski definition) is 1. The van der Waals surface area contributed by atoms with Crippen LogP contribution in [0.1, 0.15) is 6.92 Å². The molecule has 0 aromatic rings. The highest BCUT2D eigenvalue weighted by Gasteiger charge is 1.53. The first-order valence-corrected chi connectivity index (χ1v) is 1.92. The van der Waals surface area contributed by atoms with Gasteiger partial charge in [-0.2, -0.15) is 0 Å². The highest BCUT2D eigenvalue weighted by Crippen LogP contribution is 1.50. The van der Waals surface area contributed by atoms with Gasteiger partial charge in [-0.1, -0.05) is 11.8 Å². The van der Waals surface area contributed by atoms with E-state index in [0.717, 1.165) is 0 Å². The van der Waals surface area contributed by atoms with Gasteiger partial charge in [-0.3, -0.25) is 0 Å². The van der Waals surface area contributed by atoms with Crippen molar-refractivity contribution in [3.8, 4) is 23.7 Å². The quantitative estimate of drug-likeness (QED) is 0.419. The molecule has 7 heavy (non-hydrogen) atoms. The van der Waals surface area contributed by atoms with Crippen LogP contribution in [-0.4, -0.2) is 11.7 Å². The van der Waals surface area contributed by atoms with Crippen LogP contribution < -0.4 is 0 Å². The first kappa shape index (κ1) is 6.08. The molecule has 0 saturated heterocycles. The summed E-state index contributed by atoms with van der Waals surface area (Å²) < 4.78 is 0. The number of hydrogen-bond acceptors (Lipinski definition) is 1. The second-order valence-electron chi connectivity index (χ2n) is 0.835. The van der Waals surface area contributed by atoms with Crippen LogP contribution in [0.5, 0.6) is 0 Å². The fourth-order valence-electron chi connectivity index (χ4n) is 0.146. The summed E-state index contributed by atoms with van der Waals surface area (Å²) in [5, 5.41) is 8.05. The van der Waals surface area contributed by atoms with E-state index in [1.54, 1.807) is 6.92 Å². The Kier molecular flexibility index (Phi) is 4.41. The molecule has 0 unspecified atom stereocenters. The second-order valence-corrected chi connectivity index (χ2v) is 0.835. The van der Waals surface area contributed by atoms with E-state index in [1.807, 2.05) is 0 Å². The molecule has 0 atom stereocenters. The molecule has 0 aromatic carbocycles. The minimum atomic E-state index is -0.103. The van der Waals surface area contributed by atoms with Crippen molar-refractivity contribution in [2.45, 2.75) is 6.92 Å². The maximum atomic E-state index is 8.05. The molecule has 1 nitrogen and oxygen atoms in total. The molecule has 1 heteroatoms. The maximum Gasteiger partial charge on any atom is 0.105 e. The van der Waals surface area contributed by atoms with E-state index in [-0.39, 0.29) is 6.61 Å². The average Bonchev–Trinajstić information content (AvgIpc) is 1.69. The van der Waals surface area contributed by atoms with Gasteiger partial charge in [0.2, 0.25) is 0 Å². The van der Waals surface area contributed by atoms with Crippen molar-refractivity contribution in [1.29, 1.82) is 0 Å². The molecule has 0 amide bonds. The molecule has 0 saturated carbocycles. The number of aliphatic hydroxyl groups is 1. The van der Waals surface area contributed by atoms with Crippen LogP contribution in [0.2, 0.25) is 0 Å². The van der Waals surface area contributed by atoms with E-state index in [9.17, 15) is 0 Å². The lowest BCUT2D eigenvalue weighted by Crippen LogP contribution is -1.68. The van der Waals surface area contributed by atoms with Gasteiger partial charge in [-0.15, -0.1) is 0 Å². The highest BCUT2D eigenvalue weighted by molar-refractivity contribution is 5.24. The van der Waals surface area contributed by atoms with Crippen molar-refractivity contribution in [2.75, 3.05) is 6.61 Å². The van der Waals surface area contributed by atoms with Gasteiger partial charge in [-0.25, -0.2) is 0 Å². The molecule has 0 aromatic heterocycles. The third kappa shape index (κ3) is 5.08. The monoisotopic (exact) mass is 94.0 g/mol. The largest absolute Gasteiger partial charge is 0.384 e. The van der Waals surface area contributed by atoms with Crippen LogP contribution in [0.3, 0.4) is 0 Å². The van der Waals surface area contributed by atoms with E-state index in [1.165, 1.54) is 0 Å². The zero-order valence-electron chi connectivity index (χ0n) is 4.15. The molecule has 1 N–H and O–H groups in total. The first-order chi connectivity index (χ1) is 3.41. The Morgan fingerprint density at radius 2 is 2.14 bits per heavy atom. The van der Waals surface area contributed by atoms with Gasteiger partial charge in [0.05, 0.1) is 0 Å². The summed E-state index contributed by atoms with van der Waals surface area (Å²) in [6.45, 7) is 1.60. The molecule has 0 aliphatic carbocycles. The second kappa shape index (κ2) is 5.08. The maximum absolute atomic E-state index is 8.05. The van der Waals surface area contributed by atoms with E-state index < -0.39 is 0 Å². The molecule has 0 spiro atoms. The van der Waals surface area contributed by atoms with Crippen LogP contribution in [0.25, 0.3) is 0 Å². The predicted molar refractivity (Wildman–Crippen MR) is 28.3 cm³/mol. The Balaban J connectivity index is 3.39. The van der Waals surface area contributed by atoms with E-state index in [0.29, 0.717) is 0 Å². The van der Waals surface area contributed by atoms with Crippen LogP contribution in [-0.2, 0) is 0 Å². The van der Waals surface area contributed by atoms with Gasteiger partial charge in [0, 0.05) is 0 Å². The summed E-state index contributed by atoms with van der Waals surface area (Å²) in [5.41, 5.74) is 0. The standard InChI is InChI=1S/C6H6O/c1-2-3-4-5-6-7/h7H,6H2,1H3. The minimum absolute atomic E-state index is 0.103. The van der Waals surface area contributed by atoms with Gasteiger partial charge >= 0.3 is 0 Å². The first-order valence-electron chi connectivity index (χ1n) is 1.92. The molecule has 0 aliphatic heterocycles. The summed E-state index contributed by atoms with van der Waals surface area (Å²) >= 11 is 0. The van der Waals surface area contributed by atoms with Gasteiger partial charge in [0.1, 0.15) is 6.61 Å². The molecular weight excluding hydrogens is 88.1 g/mol. The number of rotatable bonds is 0. The van der Waals surface area contributed by atoms with Crippen LogP contribution in [0, 0.1) is 23.7 Å². The van der Waals surface area contributed by atoms with Crippen molar-refractivity contribution < 1.29 is 5.11 Å². The Labute approximate surface area is 43.4 Å². The smallest absolute Gasteiger partial charge is 0.105 e. The Bertz CT molecular complexity index is 137. The van der Waals surface area contributed by atoms with Gasteiger partial charge in [0.25, 0.3) is 0 Å². The van der Waals surface area contributed by atoms with E-state index in [4.69, 9.17) is 5.11 Å². The Hall–Kier alpha value is -0.920. The third-order valence-electron chi connectivity index (χ3n) is 0.355. The topological polar surface area (TPSA) is 20.2 Å². The fourth-order valence-corrected chi connectivity index (χ4v) is 0.146. The fraction of sp³-hybridized carbons (Fsp3) is 0.333. The summed E-state index contributed by atoms with van der Waals surface area (Å²) in [6.07, 6.45) is 0. The molecule has 0 bridgehead atoms. The SMILES string of the molecule is CC#CC#CCO. The zero-order chi connectivity index (χ0) is 5.54. The van der Waals surface area contributed by atoms with Crippen LogP contribution in [0.15, 0.2) is 0 Å². The number of aliphatic hydroxyl groups excluding tert-OH is 1. The summed E-state index contributed by atoms with van der Waals surface area (Å²) in [6, 6.07) is 0. The molecular formula is C6H6O. The van der Waals surface area contributed by atoms with Crippen molar-refractivity contribution in [1.82, 2.24) is 0 Å². The molecule has 36 valence electrons. The van der Waals surface area contributed by atoms with E-state index in [2.05, 4.69) is 23.7 Å².